The molecule has 2 heterocycles. The number of rotatable bonds is 8. The number of likely N-dealkylation sites (N-methyl/N-ethyl adjacent to an activating group) is 2. The summed E-state index contributed by atoms with van der Waals surface area (Å²) in [5.41, 5.74) is 2.50. The van der Waals surface area contributed by atoms with E-state index >= 15 is 0 Å². The van der Waals surface area contributed by atoms with E-state index in [0.29, 0.717) is 12.0 Å². The number of halogens is 1. The molecular weight excluding hydrogens is 529 g/mol. The zero-order valence-electron chi connectivity index (χ0n) is 20.7. The Morgan fingerprint density at radius 1 is 1.15 bits per heavy atom. The molecule has 0 spiro atoms. The zero-order chi connectivity index (χ0) is 22.9. The van der Waals surface area contributed by atoms with E-state index in [2.05, 4.69) is 58.6 Å². The quantitative estimate of drug-likeness (QED) is 0.285. The second kappa shape index (κ2) is 14.1. The van der Waals surface area contributed by atoms with Crippen molar-refractivity contribution in [3.05, 3.63) is 35.4 Å². The maximum Gasteiger partial charge on any atom is 0.243 e. The molecule has 3 atom stereocenters. The maximum absolute atomic E-state index is 12.1. The molecule has 2 N–H and O–H groups in total. The molecule has 0 aliphatic carbocycles. The molecule has 2 saturated heterocycles. The van der Waals surface area contributed by atoms with E-state index in [9.17, 15) is 4.79 Å². The van der Waals surface area contributed by atoms with Gasteiger partial charge in [-0.1, -0.05) is 36.8 Å². The van der Waals surface area contributed by atoms with Crippen molar-refractivity contribution in [1.29, 1.82) is 0 Å². The Bertz CT molecular complexity index is 756. The molecule has 0 bridgehead atoms. The van der Waals surface area contributed by atoms with E-state index in [4.69, 9.17) is 4.74 Å². The van der Waals surface area contributed by atoms with E-state index in [0.717, 1.165) is 45.0 Å². The Morgan fingerprint density at radius 2 is 1.88 bits per heavy atom. The van der Waals surface area contributed by atoms with Crippen molar-refractivity contribution in [2.24, 2.45) is 10.9 Å². The average molecular weight is 572 g/mol. The molecule has 0 radical (unpaired) electrons. The van der Waals surface area contributed by atoms with Gasteiger partial charge in [-0.15, -0.1) is 24.0 Å². The van der Waals surface area contributed by atoms with Gasteiger partial charge in [-0.25, -0.2) is 4.99 Å². The van der Waals surface area contributed by atoms with Crippen LogP contribution < -0.4 is 10.6 Å². The van der Waals surface area contributed by atoms with Gasteiger partial charge < -0.3 is 20.3 Å². The summed E-state index contributed by atoms with van der Waals surface area (Å²) in [6, 6.07) is 9.19. The number of ether oxygens (including phenoxy) is 1. The predicted octanol–water partition coefficient (Wildman–Crippen LogP) is 3.19. The van der Waals surface area contributed by atoms with Gasteiger partial charge in [0.15, 0.2) is 5.96 Å². The number of hydrogen-bond acceptors (Lipinski definition) is 4. The Kier molecular flexibility index (Phi) is 11.9. The largest absolute Gasteiger partial charge is 0.373 e. The van der Waals surface area contributed by atoms with E-state index in [1.807, 2.05) is 0 Å². The van der Waals surface area contributed by atoms with E-state index < -0.39 is 0 Å². The van der Waals surface area contributed by atoms with E-state index in [-0.39, 0.29) is 42.5 Å². The Hall–Kier alpha value is -1.39. The van der Waals surface area contributed by atoms with Crippen LogP contribution in [0.15, 0.2) is 29.3 Å². The third-order valence-corrected chi connectivity index (χ3v) is 6.66. The highest BCUT2D eigenvalue weighted by Gasteiger charge is 2.28. The van der Waals surface area contributed by atoms with Crippen LogP contribution in [0.5, 0.6) is 0 Å². The molecule has 8 heteroatoms. The van der Waals surface area contributed by atoms with Crippen LogP contribution in [0.2, 0.25) is 0 Å². The number of nitrogens with one attached hydrogen (secondary N) is 2. The van der Waals surface area contributed by atoms with Gasteiger partial charge in [-0.2, -0.15) is 0 Å². The molecule has 1 amide bonds. The van der Waals surface area contributed by atoms with Gasteiger partial charge in [0.1, 0.15) is 6.54 Å². The molecule has 1 aromatic carbocycles. The Morgan fingerprint density at radius 3 is 2.58 bits per heavy atom. The van der Waals surface area contributed by atoms with Crippen LogP contribution in [0, 0.1) is 12.8 Å². The number of amides is 1. The number of guanidine groups is 1. The number of aliphatic imine (C=N–C) groups is 1. The summed E-state index contributed by atoms with van der Waals surface area (Å²) in [5.74, 6) is 1.08. The van der Waals surface area contributed by atoms with Crippen molar-refractivity contribution in [1.82, 2.24) is 20.4 Å². The summed E-state index contributed by atoms with van der Waals surface area (Å²) in [4.78, 5) is 20.8. The Labute approximate surface area is 216 Å². The highest BCUT2D eigenvalue weighted by molar-refractivity contribution is 14.0. The molecular formula is C25H42IN5O2. The van der Waals surface area contributed by atoms with Crippen molar-refractivity contribution >= 4 is 35.8 Å². The van der Waals surface area contributed by atoms with Crippen LogP contribution in [0.4, 0.5) is 0 Å². The fourth-order valence-electron chi connectivity index (χ4n) is 4.62. The van der Waals surface area contributed by atoms with Crippen molar-refractivity contribution in [3.8, 4) is 0 Å². The monoisotopic (exact) mass is 571 g/mol. The smallest absolute Gasteiger partial charge is 0.243 e. The van der Waals surface area contributed by atoms with Gasteiger partial charge in [0.25, 0.3) is 0 Å². The highest BCUT2D eigenvalue weighted by atomic mass is 127. The number of likely N-dealkylation sites (tertiary alicyclic amines) is 1. The number of aryl methyl sites for hydroxylation is 1. The third kappa shape index (κ3) is 8.40. The minimum Gasteiger partial charge on any atom is -0.373 e. The van der Waals surface area contributed by atoms with Gasteiger partial charge in [-0.05, 0) is 51.3 Å². The first-order valence-corrected chi connectivity index (χ1v) is 12.1. The number of carbonyl (C=O) groups excluding carboxylic acids is 1. The molecule has 2 aliphatic heterocycles. The molecule has 1 aromatic rings. The summed E-state index contributed by atoms with van der Waals surface area (Å²) >= 11 is 0. The normalized spacial score (nSPS) is 23.6. The molecule has 2 aliphatic rings. The lowest BCUT2D eigenvalue weighted by molar-refractivity contribution is -0.127. The first-order valence-electron chi connectivity index (χ1n) is 12.1. The number of carbonyl (C=O) groups is 1. The van der Waals surface area contributed by atoms with Gasteiger partial charge >= 0.3 is 0 Å². The number of nitrogens with zero attached hydrogens (tertiary/aromatic N) is 3. The third-order valence-electron chi connectivity index (χ3n) is 6.66. The standard InChI is InChI=1S/C25H41N5O2.HI/c1-5-30-14-6-9-22(30)17-27-25(28-18-23(31)29(3)4)26-16-21-8-7-15-32-24(21)20-12-10-19(2)11-13-20;/h10-13,21-22,24H,5-9,14-18H2,1-4H3,(H2,26,27,28);1H. The molecule has 0 saturated carbocycles. The minimum absolute atomic E-state index is 0. The molecule has 7 nitrogen and oxygen atoms in total. The summed E-state index contributed by atoms with van der Waals surface area (Å²) in [7, 11) is 3.53. The summed E-state index contributed by atoms with van der Waals surface area (Å²) in [6.45, 7) is 9.13. The van der Waals surface area contributed by atoms with Crippen molar-refractivity contribution in [3.63, 3.8) is 0 Å². The molecule has 186 valence electrons. The van der Waals surface area contributed by atoms with Crippen molar-refractivity contribution in [2.45, 2.75) is 51.7 Å². The van der Waals surface area contributed by atoms with Crippen molar-refractivity contribution < 1.29 is 9.53 Å². The average Bonchev–Trinajstić information content (AvgIpc) is 3.26. The lowest BCUT2D eigenvalue weighted by atomic mass is 9.89. The number of hydrogen-bond donors (Lipinski definition) is 2. The van der Waals surface area contributed by atoms with Gasteiger partial charge in [0.05, 0.1) is 6.10 Å². The Balaban J connectivity index is 0.00000385. The predicted molar refractivity (Wildman–Crippen MR) is 145 cm³/mol. The lowest BCUT2D eigenvalue weighted by Gasteiger charge is -2.33. The molecule has 33 heavy (non-hydrogen) atoms. The highest BCUT2D eigenvalue weighted by Crippen LogP contribution is 2.33. The molecule has 2 fully saturated rings. The summed E-state index contributed by atoms with van der Waals surface area (Å²) in [5, 5.41) is 7.03. The SMILES string of the molecule is CCN1CCCC1CNC(=NCC(=O)N(C)C)NCC1CCCOC1c1ccc(C)cc1.I. The summed E-state index contributed by atoms with van der Waals surface area (Å²) in [6.07, 6.45) is 4.73. The maximum atomic E-state index is 12.1. The van der Waals surface area contributed by atoms with Crippen LogP contribution in [-0.2, 0) is 9.53 Å². The van der Waals surface area contributed by atoms with Gasteiger partial charge in [-0.3, -0.25) is 9.69 Å². The van der Waals surface area contributed by atoms with Crippen LogP contribution in [0.3, 0.4) is 0 Å². The second-order valence-corrected chi connectivity index (χ2v) is 9.24. The topological polar surface area (TPSA) is 69.2 Å². The van der Waals surface area contributed by atoms with Crippen LogP contribution in [0.1, 0.15) is 49.8 Å². The van der Waals surface area contributed by atoms with Crippen LogP contribution >= 0.6 is 24.0 Å². The minimum atomic E-state index is 0. The fourth-order valence-corrected chi connectivity index (χ4v) is 4.62. The zero-order valence-corrected chi connectivity index (χ0v) is 23.0. The van der Waals surface area contributed by atoms with Crippen LogP contribution in [0.25, 0.3) is 0 Å². The van der Waals surface area contributed by atoms with Gasteiger partial charge in [0, 0.05) is 45.8 Å². The van der Waals surface area contributed by atoms with Crippen molar-refractivity contribution in [2.75, 3.05) is 53.4 Å². The first-order chi connectivity index (χ1) is 15.5. The first kappa shape index (κ1) is 27.9. The second-order valence-electron chi connectivity index (χ2n) is 9.24. The lowest BCUT2D eigenvalue weighted by Crippen LogP contribution is -2.47. The van der Waals surface area contributed by atoms with Gasteiger partial charge in [0.2, 0.25) is 5.91 Å². The van der Waals surface area contributed by atoms with E-state index in [1.54, 1.807) is 19.0 Å². The fraction of sp³-hybridized carbons (Fsp3) is 0.680. The van der Waals surface area contributed by atoms with Crippen LogP contribution in [-0.4, -0.2) is 81.1 Å². The van der Waals surface area contributed by atoms with E-state index in [1.165, 1.54) is 30.5 Å². The number of benzene rings is 1. The molecule has 3 rings (SSSR count). The molecule has 3 unspecified atom stereocenters. The summed E-state index contributed by atoms with van der Waals surface area (Å²) < 4.78 is 6.18. The molecule has 0 aromatic heterocycles.